The second-order valence-electron chi connectivity index (χ2n) is 10.2. The molecule has 2 aromatic rings. The molecule has 2 fully saturated rings. The number of methoxy groups -OCH3 is 2. The van der Waals surface area contributed by atoms with Crippen LogP contribution in [-0.2, 0) is 17.9 Å². The van der Waals surface area contributed by atoms with Crippen LogP contribution in [-0.4, -0.2) is 87.2 Å². The Hall–Kier alpha value is -2.61. The smallest absolute Gasteiger partial charge is 0.220 e. The van der Waals surface area contributed by atoms with E-state index in [2.05, 4.69) is 57.4 Å². The topological polar surface area (TPSA) is 57.3 Å². The van der Waals surface area contributed by atoms with Crippen LogP contribution in [0.25, 0.3) is 0 Å². The highest BCUT2D eigenvalue weighted by Crippen LogP contribution is 2.28. The molecule has 36 heavy (non-hydrogen) atoms. The van der Waals surface area contributed by atoms with Gasteiger partial charge in [-0.05, 0) is 55.6 Å². The average Bonchev–Trinajstić information content (AvgIpc) is 2.91. The first-order chi connectivity index (χ1) is 17.5. The lowest BCUT2D eigenvalue weighted by atomic mass is 9.86. The Morgan fingerprint density at radius 3 is 2.31 bits per heavy atom. The summed E-state index contributed by atoms with van der Waals surface area (Å²) in [5.41, 5.74) is 2.34. The number of carbonyl (C=O) groups excluding carboxylic acids is 1. The van der Waals surface area contributed by atoms with Gasteiger partial charge in [-0.3, -0.25) is 14.6 Å². The van der Waals surface area contributed by atoms with Crippen LogP contribution >= 0.6 is 0 Å². The third-order valence-electron chi connectivity index (χ3n) is 7.68. The fourth-order valence-corrected chi connectivity index (χ4v) is 5.57. The number of likely N-dealkylation sites (tertiary alicyclic amines) is 1. The van der Waals surface area contributed by atoms with Gasteiger partial charge in [0.05, 0.1) is 14.2 Å². The van der Waals surface area contributed by atoms with Crippen LogP contribution in [0.5, 0.6) is 11.5 Å². The van der Waals surface area contributed by atoms with E-state index in [0.717, 1.165) is 69.3 Å². The number of carbonyl (C=O) groups is 1. The first kappa shape index (κ1) is 26.5. The lowest BCUT2D eigenvalue weighted by Crippen LogP contribution is -2.56. The van der Waals surface area contributed by atoms with Crippen molar-refractivity contribution >= 4 is 5.91 Å². The van der Waals surface area contributed by atoms with Crippen molar-refractivity contribution in [1.82, 2.24) is 20.0 Å². The molecule has 2 saturated heterocycles. The molecule has 0 bridgehead atoms. The molecule has 1 N–H and O–H groups in total. The highest BCUT2D eigenvalue weighted by Gasteiger charge is 2.34. The number of rotatable bonds is 10. The van der Waals surface area contributed by atoms with Gasteiger partial charge in [-0.2, -0.15) is 0 Å². The standard InChI is InChI=1S/C29H42N4O3/c1-31-13-15-33(16-14-31)28-11-12-32(21-23-7-5-4-6-8-23)22-25(28)9-10-29(34)30-20-24-17-26(35-2)19-27(18-24)36-3/h4-8,17-19,25,28H,9-16,20-22H2,1-3H3,(H,30,34)/t25-,28+/m0/s1. The molecule has 7 nitrogen and oxygen atoms in total. The second-order valence-corrected chi connectivity index (χ2v) is 10.2. The van der Waals surface area contributed by atoms with Crippen molar-refractivity contribution < 1.29 is 14.3 Å². The van der Waals surface area contributed by atoms with E-state index >= 15 is 0 Å². The van der Waals surface area contributed by atoms with Crippen LogP contribution < -0.4 is 14.8 Å². The van der Waals surface area contributed by atoms with Crippen LogP contribution in [0.1, 0.15) is 30.4 Å². The summed E-state index contributed by atoms with van der Waals surface area (Å²) < 4.78 is 10.7. The molecule has 7 heteroatoms. The zero-order valence-corrected chi connectivity index (χ0v) is 22.1. The van der Waals surface area contributed by atoms with Gasteiger partial charge in [-0.1, -0.05) is 30.3 Å². The Balaban J connectivity index is 1.34. The lowest BCUT2D eigenvalue weighted by Gasteiger charge is -2.46. The number of piperazine rings is 1. The zero-order chi connectivity index (χ0) is 25.3. The highest BCUT2D eigenvalue weighted by atomic mass is 16.5. The summed E-state index contributed by atoms with van der Waals surface area (Å²) in [5.74, 6) is 2.06. The van der Waals surface area contributed by atoms with Gasteiger partial charge < -0.3 is 19.7 Å². The number of ether oxygens (including phenoxy) is 2. The molecule has 2 atom stereocenters. The summed E-state index contributed by atoms with van der Waals surface area (Å²) in [5, 5.41) is 3.11. The maximum Gasteiger partial charge on any atom is 0.220 e. The highest BCUT2D eigenvalue weighted by molar-refractivity contribution is 5.75. The number of hydrogen-bond donors (Lipinski definition) is 1. The molecule has 0 spiro atoms. The Kier molecular flexibility index (Phi) is 9.61. The predicted molar refractivity (Wildman–Crippen MR) is 143 cm³/mol. The molecule has 2 aliphatic rings. The monoisotopic (exact) mass is 494 g/mol. The van der Waals surface area contributed by atoms with Crippen LogP contribution in [0, 0.1) is 5.92 Å². The quantitative estimate of drug-likeness (QED) is 0.547. The molecule has 0 unspecified atom stereocenters. The van der Waals surface area contributed by atoms with Crippen molar-refractivity contribution in [1.29, 1.82) is 0 Å². The van der Waals surface area contributed by atoms with Gasteiger partial charge in [0.25, 0.3) is 0 Å². The minimum absolute atomic E-state index is 0.106. The average molecular weight is 495 g/mol. The van der Waals surface area contributed by atoms with Crippen LogP contribution in [0.15, 0.2) is 48.5 Å². The summed E-state index contributed by atoms with van der Waals surface area (Å²) in [6, 6.07) is 17.0. The Labute approximate surface area is 216 Å². The maximum atomic E-state index is 12.9. The molecule has 2 heterocycles. The van der Waals surface area contributed by atoms with E-state index in [9.17, 15) is 4.79 Å². The van der Waals surface area contributed by atoms with Gasteiger partial charge >= 0.3 is 0 Å². The zero-order valence-electron chi connectivity index (χ0n) is 22.1. The second kappa shape index (κ2) is 13.1. The van der Waals surface area contributed by atoms with Gasteiger partial charge in [-0.15, -0.1) is 0 Å². The van der Waals surface area contributed by atoms with Crippen molar-refractivity contribution in [3.8, 4) is 11.5 Å². The van der Waals surface area contributed by atoms with E-state index in [1.54, 1.807) is 14.2 Å². The number of amides is 1. The van der Waals surface area contributed by atoms with Crippen LogP contribution in [0.2, 0.25) is 0 Å². The predicted octanol–water partition coefficient (Wildman–Crippen LogP) is 3.24. The molecule has 1 amide bonds. The number of hydrogen-bond acceptors (Lipinski definition) is 6. The largest absolute Gasteiger partial charge is 0.497 e. The van der Waals surface area contributed by atoms with Crippen molar-refractivity contribution in [2.75, 3.05) is 60.5 Å². The van der Waals surface area contributed by atoms with E-state index in [4.69, 9.17) is 9.47 Å². The molecule has 0 aromatic heterocycles. The first-order valence-electron chi connectivity index (χ1n) is 13.2. The number of nitrogens with zero attached hydrogens (tertiary/aromatic N) is 3. The van der Waals surface area contributed by atoms with Crippen LogP contribution in [0.3, 0.4) is 0 Å². The molecule has 0 saturated carbocycles. The molecule has 0 radical (unpaired) electrons. The normalized spacial score (nSPS) is 21.8. The molecule has 2 aliphatic heterocycles. The molecule has 4 rings (SSSR count). The first-order valence-corrected chi connectivity index (χ1v) is 13.2. The summed E-state index contributed by atoms with van der Waals surface area (Å²) in [4.78, 5) is 20.5. The van der Waals surface area contributed by atoms with Gasteiger partial charge in [0.2, 0.25) is 5.91 Å². The third-order valence-corrected chi connectivity index (χ3v) is 7.68. The van der Waals surface area contributed by atoms with Crippen LogP contribution in [0.4, 0.5) is 0 Å². The Morgan fingerprint density at radius 2 is 1.64 bits per heavy atom. The van der Waals surface area contributed by atoms with Crippen molar-refractivity contribution in [2.24, 2.45) is 5.92 Å². The van der Waals surface area contributed by atoms with E-state index in [1.165, 1.54) is 12.0 Å². The molecular weight excluding hydrogens is 452 g/mol. The lowest BCUT2D eigenvalue weighted by molar-refractivity contribution is -0.121. The van der Waals surface area contributed by atoms with Crippen molar-refractivity contribution in [2.45, 2.75) is 38.4 Å². The molecule has 196 valence electrons. The number of piperidine rings is 1. The molecule has 2 aromatic carbocycles. The van der Waals surface area contributed by atoms with Crippen molar-refractivity contribution in [3.05, 3.63) is 59.7 Å². The van der Waals surface area contributed by atoms with E-state index in [0.29, 0.717) is 24.9 Å². The van der Waals surface area contributed by atoms with Gasteiger partial charge in [0.15, 0.2) is 0 Å². The minimum atomic E-state index is 0.106. The van der Waals surface area contributed by atoms with Crippen molar-refractivity contribution in [3.63, 3.8) is 0 Å². The van der Waals surface area contributed by atoms with Gasteiger partial charge in [0, 0.05) is 64.3 Å². The number of nitrogens with one attached hydrogen (secondary N) is 1. The fraction of sp³-hybridized carbons (Fsp3) is 0.552. The summed E-state index contributed by atoms with van der Waals surface area (Å²) in [6.07, 6.45) is 2.64. The van der Waals surface area contributed by atoms with Gasteiger partial charge in [-0.25, -0.2) is 0 Å². The van der Waals surface area contributed by atoms with E-state index in [1.807, 2.05) is 18.2 Å². The summed E-state index contributed by atoms with van der Waals surface area (Å²) in [7, 11) is 5.48. The van der Waals surface area contributed by atoms with Gasteiger partial charge in [0.1, 0.15) is 11.5 Å². The Bertz CT molecular complexity index is 940. The van der Waals surface area contributed by atoms with E-state index < -0.39 is 0 Å². The number of likely N-dealkylation sites (N-methyl/N-ethyl adjacent to an activating group) is 1. The maximum absolute atomic E-state index is 12.9. The summed E-state index contributed by atoms with van der Waals surface area (Å²) in [6.45, 7) is 8.12. The van der Waals surface area contributed by atoms with E-state index in [-0.39, 0.29) is 5.91 Å². The summed E-state index contributed by atoms with van der Waals surface area (Å²) >= 11 is 0. The minimum Gasteiger partial charge on any atom is -0.497 e. The fourth-order valence-electron chi connectivity index (χ4n) is 5.57. The SMILES string of the molecule is COc1cc(CNC(=O)CC[C@H]2CN(Cc3ccccc3)CC[C@H]2N2CCN(C)CC2)cc(OC)c1. The molecular formula is C29H42N4O3. The third kappa shape index (κ3) is 7.45. The molecule has 0 aliphatic carbocycles. The Morgan fingerprint density at radius 1 is 0.944 bits per heavy atom. The number of benzene rings is 2.